The van der Waals surface area contributed by atoms with Crippen molar-refractivity contribution in [2.24, 2.45) is 0 Å². The zero-order valence-corrected chi connectivity index (χ0v) is 13.9. The van der Waals surface area contributed by atoms with Crippen molar-refractivity contribution in [3.05, 3.63) is 78.1 Å². The number of carbonyl (C=O) groups is 1. The topological polar surface area (TPSA) is 60.4 Å². The minimum Gasteiger partial charge on any atom is -0.461 e. The smallest absolute Gasteiger partial charge is 0.366 e. The summed E-state index contributed by atoms with van der Waals surface area (Å²) in [4.78, 5) is 11.6. The van der Waals surface area contributed by atoms with E-state index in [9.17, 15) is 17.6 Å². The van der Waals surface area contributed by atoms with Crippen LogP contribution in [0.15, 0.2) is 77.5 Å². The number of benzene rings is 2. The quantitative estimate of drug-likeness (QED) is 0.591. The molecule has 0 aliphatic rings. The van der Waals surface area contributed by atoms with Crippen molar-refractivity contribution in [2.45, 2.75) is 17.1 Å². The average molecular weight is 348 g/mol. The van der Waals surface area contributed by atoms with Crippen molar-refractivity contribution >= 4 is 15.8 Å². The molecule has 0 amide bonds. The Morgan fingerprint density at radius 3 is 2.17 bits per heavy atom. The predicted octanol–water partition coefficient (Wildman–Crippen LogP) is 3.62. The average Bonchev–Trinajstić information content (AvgIpc) is 2.61. The Balaban J connectivity index is 2.53. The molecule has 2 aromatic carbocycles. The van der Waals surface area contributed by atoms with E-state index in [2.05, 4.69) is 4.74 Å². The highest BCUT2D eigenvalue weighted by Gasteiger charge is 2.29. The first-order valence-electron chi connectivity index (χ1n) is 7.35. The Kier molecular flexibility index (Phi) is 5.87. The molecule has 0 fully saturated rings. The fourth-order valence-electron chi connectivity index (χ4n) is 2.17. The van der Waals surface area contributed by atoms with E-state index in [0.29, 0.717) is 5.56 Å². The van der Waals surface area contributed by atoms with Gasteiger partial charge in [0, 0.05) is 0 Å². The summed E-state index contributed by atoms with van der Waals surface area (Å²) < 4.78 is 44.4. The molecule has 0 saturated carbocycles. The fourth-order valence-corrected chi connectivity index (χ4v) is 3.81. The minimum atomic E-state index is -3.92. The number of hydrogen-bond acceptors (Lipinski definition) is 4. The van der Waals surface area contributed by atoms with Crippen molar-refractivity contribution in [3.8, 4) is 0 Å². The maximum atomic E-state index is 14.1. The Morgan fingerprint density at radius 1 is 1.08 bits per heavy atom. The van der Waals surface area contributed by atoms with Gasteiger partial charge in [-0.25, -0.2) is 13.2 Å². The molecule has 4 nitrogen and oxygen atoms in total. The van der Waals surface area contributed by atoms with Gasteiger partial charge in [0.2, 0.25) is 5.83 Å². The van der Waals surface area contributed by atoms with E-state index in [0.717, 1.165) is 6.08 Å². The molecule has 0 aliphatic heterocycles. The SMILES string of the molecule is CCOC(=O)/C(F)=C/C(c1ccccc1)S(=O)(=O)c1ccccc1. The van der Waals surface area contributed by atoms with Gasteiger partial charge < -0.3 is 4.74 Å². The maximum absolute atomic E-state index is 14.1. The molecule has 0 spiro atoms. The van der Waals surface area contributed by atoms with E-state index in [-0.39, 0.29) is 11.5 Å². The van der Waals surface area contributed by atoms with Gasteiger partial charge in [-0.2, -0.15) is 4.39 Å². The Hall–Kier alpha value is -2.47. The molecule has 24 heavy (non-hydrogen) atoms. The summed E-state index contributed by atoms with van der Waals surface area (Å²) in [6.45, 7) is 1.54. The van der Waals surface area contributed by atoms with Crippen molar-refractivity contribution in [3.63, 3.8) is 0 Å². The molecule has 0 bridgehead atoms. The number of hydrogen-bond donors (Lipinski definition) is 0. The van der Waals surface area contributed by atoms with E-state index in [1.807, 2.05) is 0 Å². The standard InChI is InChI=1S/C18H17FO4S/c1-2-23-18(20)16(19)13-17(14-9-5-3-6-10-14)24(21,22)15-11-7-4-8-12-15/h3-13,17H,2H2,1H3/b16-13-. The van der Waals surface area contributed by atoms with Crippen LogP contribution in [0, 0.1) is 0 Å². The summed E-state index contributed by atoms with van der Waals surface area (Å²) in [5.41, 5.74) is 0.362. The summed E-state index contributed by atoms with van der Waals surface area (Å²) >= 11 is 0. The van der Waals surface area contributed by atoms with Gasteiger partial charge in [-0.1, -0.05) is 48.5 Å². The molecule has 126 valence electrons. The van der Waals surface area contributed by atoms with Crippen molar-refractivity contribution in [1.29, 1.82) is 0 Å². The van der Waals surface area contributed by atoms with Crippen LogP contribution in [0.1, 0.15) is 17.7 Å². The molecule has 0 heterocycles. The van der Waals surface area contributed by atoms with E-state index in [1.54, 1.807) is 55.5 Å². The number of sulfone groups is 1. The summed E-state index contributed by atoms with van der Waals surface area (Å²) in [7, 11) is -3.92. The Bertz CT molecular complexity index is 815. The first-order valence-corrected chi connectivity index (χ1v) is 8.89. The molecular weight excluding hydrogens is 331 g/mol. The lowest BCUT2D eigenvalue weighted by Gasteiger charge is -2.15. The predicted molar refractivity (Wildman–Crippen MR) is 88.6 cm³/mol. The molecule has 0 radical (unpaired) electrons. The molecule has 6 heteroatoms. The molecule has 0 N–H and O–H groups in total. The molecule has 2 rings (SSSR count). The van der Waals surface area contributed by atoms with Crippen LogP contribution in [0.3, 0.4) is 0 Å². The molecule has 1 unspecified atom stereocenters. The van der Waals surface area contributed by atoms with E-state index in [1.165, 1.54) is 12.1 Å². The van der Waals surface area contributed by atoms with E-state index < -0.39 is 26.9 Å². The minimum absolute atomic E-state index is 0.00152. The Morgan fingerprint density at radius 2 is 1.62 bits per heavy atom. The van der Waals surface area contributed by atoms with Gasteiger partial charge in [0.1, 0.15) is 5.25 Å². The Labute approximate surface area is 140 Å². The van der Waals surface area contributed by atoms with Crippen LogP contribution < -0.4 is 0 Å². The van der Waals surface area contributed by atoms with Crippen molar-refractivity contribution in [1.82, 2.24) is 0 Å². The van der Waals surface area contributed by atoms with E-state index >= 15 is 0 Å². The second-order valence-electron chi connectivity index (χ2n) is 4.92. The first kappa shape index (κ1) is 17.9. The van der Waals surface area contributed by atoms with Gasteiger partial charge in [-0.15, -0.1) is 0 Å². The lowest BCUT2D eigenvalue weighted by molar-refractivity contribution is -0.140. The van der Waals surface area contributed by atoms with Gasteiger partial charge in [-0.05, 0) is 30.7 Å². The first-order chi connectivity index (χ1) is 11.5. The van der Waals surface area contributed by atoms with Crippen LogP contribution in [0.25, 0.3) is 0 Å². The number of ether oxygens (including phenoxy) is 1. The summed E-state index contributed by atoms with van der Waals surface area (Å²) in [6, 6.07) is 15.9. The lowest BCUT2D eigenvalue weighted by atomic mass is 10.1. The highest BCUT2D eigenvalue weighted by molar-refractivity contribution is 7.91. The molecule has 0 aromatic heterocycles. The number of esters is 1. The molecular formula is C18H17FO4S. The van der Waals surface area contributed by atoms with Gasteiger partial charge in [0.25, 0.3) is 0 Å². The summed E-state index contributed by atoms with van der Waals surface area (Å²) in [6.07, 6.45) is 0.787. The van der Waals surface area contributed by atoms with Crippen LogP contribution in [0.5, 0.6) is 0 Å². The third kappa shape index (κ3) is 4.08. The zero-order chi connectivity index (χ0) is 17.6. The van der Waals surface area contributed by atoms with Gasteiger partial charge in [0.15, 0.2) is 9.84 Å². The maximum Gasteiger partial charge on any atom is 0.366 e. The van der Waals surface area contributed by atoms with Crippen LogP contribution in [-0.2, 0) is 19.4 Å². The molecule has 0 aliphatic carbocycles. The molecule has 0 saturated heterocycles. The van der Waals surface area contributed by atoms with E-state index in [4.69, 9.17) is 0 Å². The second kappa shape index (κ2) is 7.88. The van der Waals surface area contributed by atoms with Crippen LogP contribution in [-0.4, -0.2) is 21.0 Å². The van der Waals surface area contributed by atoms with Crippen LogP contribution >= 0.6 is 0 Å². The summed E-state index contributed by atoms with van der Waals surface area (Å²) in [5.74, 6) is -2.41. The van der Waals surface area contributed by atoms with Crippen molar-refractivity contribution < 1.29 is 22.3 Å². The molecule has 1 atom stereocenters. The largest absolute Gasteiger partial charge is 0.461 e. The highest BCUT2D eigenvalue weighted by atomic mass is 32.2. The lowest BCUT2D eigenvalue weighted by Crippen LogP contribution is -2.14. The van der Waals surface area contributed by atoms with Gasteiger partial charge in [-0.3, -0.25) is 0 Å². The number of carbonyl (C=O) groups excluding carboxylic acids is 1. The van der Waals surface area contributed by atoms with Crippen LogP contribution in [0.4, 0.5) is 4.39 Å². The highest BCUT2D eigenvalue weighted by Crippen LogP contribution is 2.31. The normalized spacial score (nSPS) is 13.3. The second-order valence-corrected chi connectivity index (χ2v) is 6.99. The zero-order valence-electron chi connectivity index (χ0n) is 13.1. The number of rotatable bonds is 6. The van der Waals surface area contributed by atoms with Crippen molar-refractivity contribution in [2.75, 3.05) is 6.61 Å². The molecule has 2 aromatic rings. The fraction of sp³-hybridized carbons (Fsp3) is 0.167. The van der Waals surface area contributed by atoms with Gasteiger partial charge >= 0.3 is 5.97 Å². The summed E-state index contributed by atoms with van der Waals surface area (Å²) in [5, 5.41) is -1.33. The number of halogens is 1. The monoisotopic (exact) mass is 348 g/mol. The third-order valence-electron chi connectivity index (χ3n) is 3.30. The van der Waals surface area contributed by atoms with Crippen LogP contribution in [0.2, 0.25) is 0 Å². The van der Waals surface area contributed by atoms with Gasteiger partial charge in [0.05, 0.1) is 11.5 Å². The third-order valence-corrected chi connectivity index (χ3v) is 5.31.